The number of thioether (sulfide) groups is 1. The second kappa shape index (κ2) is 13.3. The Morgan fingerprint density at radius 2 is 1.98 bits per heavy atom. The molecular formula is C24H37N12O8PS. The average Bonchev–Trinajstić information content (AvgIpc) is 3.50. The maximum absolute atomic E-state index is 13.1. The highest BCUT2D eigenvalue weighted by Gasteiger charge is 2.44. The molecule has 3 aromatic heterocycles. The summed E-state index contributed by atoms with van der Waals surface area (Å²) in [6.45, 7) is 3.92. The zero-order valence-corrected chi connectivity index (χ0v) is 26.6. The van der Waals surface area contributed by atoms with Crippen LogP contribution in [0.25, 0.3) is 11.2 Å². The van der Waals surface area contributed by atoms with Gasteiger partial charge in [-0.3, -0.25) is 28.6 Å². The monoisotopic (exact) mass is 684 g/mol. The number of aliphatic hydroxyl groups is 2. The maximum Gasteiger partial charge on any atom is 0.339 e. The number of carbonyl (C=O) groups excluding carboxylic acids is 1. The van der Waals surface area contributed by atoms with Crippen molar-refractivity contribution in [2.45, 2.75) is 50.0 Å². The average molecular weight is 685 g/mol. The highest BCUT2D eigenvalue weighted by Crippen LogP contribution is 2.36. The third-order valence-electron chi connectivity index (χ3n) is 7.59. The van der Waals surface area contributed by atoms with Crippen LogP contribution in [0.5, 0.6) is 0 Å². The van der Waals surface area contributed by atoms with Crippen LogP contribution in [-0.2, 0) is 14.1 Å². The van der Waals surface area contributed by atoms with Crippen LogP contribution in [0, 0.1) is 0 Å². The Kier molecular flexibility index (Phi) is 9.76. The van der Waals surface area contributed by atoms with Gasteiger partial charge < -0.3 is 52.2 Å². The Balaban J connectivity index is 1.12. The highest BCUT2D eigenvalue weighted by molar-refractivity contribution is 7.99. The summed E-state index contributed by atoms with van der Waals surface area (Å²) in [6.07, 6.45) is -2.06. The molecule has 3 aromatic rings. The lowest BCUT2D eigenvalue weighted by atomic mass is 9.91. The molecule has 5 rings (SSSR count). The number of imidazole rings is 1. The molecule has 2 aliphatic rings. The Morgan fingerprint density at radius 3 is 2.72 bits per heavy atom. The number of nitrogen functional groups attached to an aromatic ring is 2. The van der Waals surface area contributed by atoms with E-state index in [1.807, 2.05) is 0 Å². The molecule has 0 bridgehead atoms. The number of amides is 1. The molecule has 12 N–H and O–H groups in total. The number of nitrogens with zero attached hydrogens (tertiary/aromatic N) is 6. The fraction of sp³-hybridized carbons (Fsp3) is 0.583. The number of anilines is 4. The van der Waals surface area contributed by atoms with Crippen molar-refractivity contribution in [3.8, 4) is 0 Å². The standard InChI is InChI=1S/C24H37N12O8PS/c1-24(2)16(31-13-18(34-24)32-23(26)33-20(13)39)21(40)27-3-4-35(10-45(41,42)43)5-6-46-7-11-14(37)15(38)22(44-11)36-9-30-12-17(25)28-8-29-19(12)36/h8-9,11,14-16,22,31,37-38H,3-7,10H2,1-2H3,(H,27,40)(H2,25,28,29)(H2,41,42,43)(H4,26,32,33,34,39)/t11-,14-,15-,16-,22-/m1/s1. The van der Waals surface area contributed by atoms with E-state index in [1.54, 1.807) is 13.8 Å². The lowest BCUT2D eigenvalue weighted by Gasteiger charge is -2.40. The van der Waals surface area contributed by atoms with Gasteiger partial charge in [-0.1, -0.05) is 0 Å². The van der Waals surface area contributed by atoms with Gasteiger partial charge in [0.15, 0.2) is 23.5 Å². The first-order valence-corrected chi connectivity index (χ1v) is 17.1. The van der Waals surface area contributed by atoms with Crippen LogP contribution in [0.1, 0.15) is 20.1 Å². The van der Waals surface area contributed by atoms with Gasteiger partial charge in [-0.2, -0.15) is 16.7 Å². The minimum Gasteiger partial charge on any atom is -0.387 e. The third-order valence-corrected chi connectivity index (χ3v) is 9.40. The zero-order valence-electron chi connectivity index (χ0n) is 24.9. The van der Waals surface area contributed by atoms with E-state index in [0.717, 1.165) is 0 Å². The van der Waals surface area contributed by atoms with Crippen LogP contribution >= 0.6 is 19.4 Å². The molecule has 20 nitrogen and oxygen atoms in total. The number of ether oxygens (including phenoxy) is 1. The van der Waals surface area contributed by atoms with Gasteiger partial charge in [0.2, 0.25) is 11.9 Å². The van der Waals surface area contributed by atoms with Crippen molar-refractivity contribution in [1.82, 2.24) is 39.7 Å². The summed E-state index contributed by atoms with van der Waals surface area (Å²) in [5, 5.41) is 30.0. The molecule has 2 aliphatic heterocycles. The normalized spacial score (nSPS) is 24.0. The molecule has 5 heterocycles. The largest absolute Gasteiger partial charge is 0.387 e. The minimum absolute atomic E-state index is 0.0617. The van der Waals surface area contributed by atoms with Crippen molar-refractivity contribution in [3.63, 3.8) is 0 Å². The molecule has 1 amide bonds. The summed E-state index contributed by atoms with van der Waals surface area (Å²) in [5.41, 5.74) is 10.8. The van der Waals surface area contributed by atoms with Gasteiger partial charge in [0.05, 0.1) is 18.0 Å². The second-order valence-electron chi connectivity index (χ2n) is 11.5. The second-order valence-corrected chi connectivity index (χ2v) is 14.3. The number of nitrogens with one attached hydrogen (secondary N) is 4. The van der Waals surface area contributed by atoms with E-state index in [-0.39, 0.29) is 48.7 Å². The van der Waals surface area contributed by atoms with E-state index >= 15 is 0 Å². The summed E-state index contributed by atoms with van der Waals surface area (Å²) >= 11 is 1.36. The summed E-state index contributed by atoms with van der Waals surface area (Å²) in [7, 11) is -4.43. The van der Waals surface area contributed by atoms with E-state index in [4.69, 9.17) is 16.2 Å². The third kappa shape index (κ3) is 7.36. The van der Waals surface area contributed by atoms with Crippen LogP contribution in [0.3, 0.4) is 0 Å². The highest BCUT2D eigenvalue weighted by atomic mass is 32.2. The molecule has 0 spiro atoms. The van der Waals surface area contributed by atoms with Gasteiger partial charge in [-0.25, -0.2) is 15.0 Å². The Morgan fingerprint density at radius 1 is 1.22 bits per heavy atom. The molecule has 22 heteroatoms. The number of carbonyl (C=O) groups is 1. The number of aromatic amines is 1. The van der Waals surface area contributed by atoms with Crippen molar-refractivity contribution >= 4 is 59.7 Å². The molecule has 1 fully saturated rings. The van der Waals surface area contributed by atoms with E-state index in [0.29, 0.717) is 16.9 Å². The fourth-order valence-electron chi connectivity index (χ4n) is 5.31. The van der Waals surface area contributed by atoms with Crippen LogP contribution in [0.4, 0.5) is 23.3 Å². The number of aliphatic hydroxyl groups excluding tert-OH is 2. The number of hydrogen-bond acceptors (Lipinski definition) is 16. The predicted molar refractivity (Wildman–Crippen MR) is 169 cm³/mol. The van der Waals surface area contributed by atoms with E-state index in [1.165, 1.54) is 33.9 Å². The number of rotatable bonds is 12. The number of aromatic nitrogens is 6. The van der Waals surface area contributed by atoms with Gasteiger partial charge in [0.25, 0.3) is 5.56 Å². The molecule has 5 atom stereocenters. The minimum atomic E-state index is -4.43. The van der Waals surface area contributed by atoms with Gasteiger partial charge in [0, 0.05) is 31.1 Å². The van der Waals surface area contributed by atoms with Crippen LogP contribution in [-0.4, -0.2) is 128 Å². The lowest BCUT2D eigenvalue weighted by Crippen LogP contribution is -2.60. The molecule has 0 aromatic carbocycles. The predicted octanol–water partition coefficient (Wildman–Crippen LogP) is -2.34. The number of nitrogens with two attached hydrogens (primary N) is 2. The maximum atomic E-state index is 13.1. The molecular weight excluding hydrogens is 647 g/mol. The number of hydrogen-bond donors (Lipinski definition) is 10. The van der Waals surface area contributed by atoms with E-state index in [9.17, 15) is 34.2 Å². The lowest BCUT2D eigenvalue weighted by molar-refractivity contribution is -0.122. The SMILES string of the molecule is CC1(C)Nc2nc(N)[nH]c(=O)c2N[C@@H]1C(=O)NCCN(CCSC[C@H]1O[C@@H](n2cnc3c(N)ncnc32)[C@H](O)[C@@H]1O)CP(=O)(O)O. The molecule has 46 heavy (non-hydrogen) atoms. The summed E-state index contributed by atoms with van der Waals surface area (Å²) < 4.78 is 19.2. The van der Waals surface area contributed by atoms with E-state index in [2.05, 4.69) is 40.9 Å². The van der Waals surface area contributed by atoms with Gasteiger partial charge in [0.1, 0.15) is 42.1 Å². The summed E-state index contributed by atoms with van der Waals surface area (Å²) in [5.74, 6) is 0.548. The van der Waals surface area contributed by atoms with Crippen molar-refractivity contribution in [2.75, 3.05) is 59.5 Å². The van der Waals surface area contributed by atoms with Gasteiger partial charge in [-0.05, 0) is 13.8 Å². The topological polar surface area (TPSA) is 305 Å². The number of H-pyrrole nitrogens is 1. The molecule has 0 aliphatic carbocycles. The molecule has 1 saturated heterocycles. The van der Waals surface area contributed by atoms with Crippen LogP contribution in [0.2, 0.25) is 0 Å². The first kappa shape index (κ1) is 33.8. The van der Waals surface area contributed by atoms with E-state index < -0.39 is 61.5 Å². The Bertz CT molecular complexity index is 1680. The fourth-order valence-corrected chi connectivity index (χ4v) is 7.18. The number of fused-ring (bicyclic) bond motifs is 2. The molecule has 0 saturated carbocycles. The van der Waals surface area contributed by atoms with Gasteiger partial charge in [-0.15, -0.1) is 0 Å². The smallest absolute Gasteiger partial charge is 0.339 e. The van der Waals surface area contributed by atoms with Crippen molar-refractivity contribution in [1.29, 1.82) is 0 Å². The van der Waals surface area contributed by atoms with Crippen LogP contribution < -0.4 is 33.0 Å². The summed E-state index contributed by atoms with van der Waals surface area (Å²) in [4.78, 5) is 64.8. The van der Waals surface area contributed by atoms with Gasteiger partial charge >= 0.3 is 7.60 Å². The van der Waals surface area contributed by atoms with Crippen molar-refractivity contribution in [2.24, 2.45) is 0 Å². The Labute approximate surface area is 265 Å². The molecule has 0 radical (unpaired) electrons. The first-order chi connectivity index (χ1) is 21.6. The summed E-state index contributed by atoms with van der Waals surface area (Å²) in [6, 6.07) is -0.876. The van der Waals surface area contributed by atoms with Crippen molar-refractivity contribution in [3.05, 3.63) is 23.0 Å². The van der Waals surface area contributed by atoms with Crippen LogP contribution in [0.15, 0.2) is 17.4 Å². The molecule has 252 valence electrons. The zero-order chi connectivity index (χ0) is 33.4. The van der Waals surface area contributed by atoms with Crippen molar-refractivity contribution < 1.29 is 34.1 Å². The molecule has 0 unspecified atom stereocenters. The Hall–Kier alpha value is -3.56. The first-order valence-electron chi connectivity index (χ1n) is 14.2. The quantitative estimate of drug-likeness (QED) is 0.0706.